The molecule has 0 saturated heterocycles. The molecule has 300 valence electrons. The van der Waals surface area contributed by atoms with Gasteiger partial charge in [-0.15, -0.1) is 0 Å². The van der Waals surface area contributed by atoms with Gasteiger partial charge in [-0.3, -0.25) is 0 Å². The third kappa shape index (κ3) is 8.85. The first kappa shape index (κ1) is 41.8. The number of alkyl halides is 1. The molecular formula is C40H48FN5O9S. The number of imide groups is 1. The standard InChI is InChI=1S/C40H48FN5O9S/c1-37(2,3)52-34(47)45(12)22-23-13-15-24(16-14-23)27-20-29(55-44-27)31-33(46(35(48)53-38(4,5)6)36(49)54-39(7,8)9)42-21-28(43-31)25-17-18-30-26(19-25)32(41)40(10,11)56(30,50)51/h13-21,32H,22H2,1-12H3/t32-/m1/s1. The van der Waals surface area contributed by atoms with Crippen molar-refractivity contribution in [2.45, 2.75) is 115 Å². The van der Waals surface area contributed by atoms with Crippen LogP contribution in [0.5, 0.6) is 0 Å². The van der Waals surface area contributed by atoms with Crippen molar-refractivity contribution in [1.29, 1.82) is 0 Å². The minimum Gasteiger partial charge on any atom is -0.444 e. The van der Waals surface area contributed by atoms with Gasteiger partial charge in [-0.2, -0.15) is 4.90 Å². The summed E-state index contributed by atoms with van der Waals surface area (Å²) in [7, 11) is -2.32. The van der Waals surface area contributed by atoms with Crippen LogP contribution < -0.4 is 4.90 Å². The Hall–Kier alpha value is -5.38. The molecule has 0 N–H and O–H groups in total. The third-order valence-electron chi connectivity index (χ3n) is 8.41. The molecule has 16 heteroatoms. The largest absolute Gasteiger partial charge is 0.444 e. The van der Waals surface area contributed by atoms with Crippen LogP contribution in [-0.4, -0.2) is 75.3 Å². The lowest BCUT2D eigenvalue weighted by Crippen LogP contribution is -2.44. The Kier molecular flexibility index (Phi) is 10.9. The Morgan fingerprint density at radius 2 is 1.34 bits per heavy atom. The minimum absolute atomic E-state index is 0.0107. The van der Waals surface area contributed by atoms with Gasteiger partial charge in [-0.1, -0.05) is 35.5 Å². The highest BCUT2D eigenvalue weighted by atomic mass is 32.2. The summed E-state index contributed by atoms with van der Waals surface area (Å²) in [5, 5.41) is 4.23. The van der Waals surface area contributed by atoms with E-state index in [9.17, 15) is 22.8 Å². The molecule has 5 rings (SSSR count). The van der Waals surface area contributed by atoms with Crippen LogP contribution in [0.2, 0.25) is 0 Å². The van der Waals surface area contributed by atoms with E-state index in [-0.39, 0.29) is 40.0 Å². The Labute approximate surface area is 326 Å². The molecule has 2 aromatic heterocycles. The normalized spacial score (nSPS) is 16.1. The molecule has 3 amide bonds. The van der Waals surface area contributed by atoms with Gasteiger partial charge in [-0.25, -0.2) is 37.2 Å². The summed E-state index contributed by atoms with van der Waals surface area (Å²) >= 11 is 0. The smallest absolute Gasteiger partial charge is 0.425 e. The van der Waals surface area contributed by atoms with E-state index >= 15 is 4.39 Å². The molecular weight excluding hydrogens is 746 g/mol. The Bertz CT molecular complexity index is 2240. The van der Waals surface area contributed by atoms with Crippen LogP contribution in [0.3, 0.4) is 0 Å². The summed E-state index contributed by atoms with van der Waals surface area (Å²) in [4.78, 5) is 51.1. The van der Waals surface area contributed by atoms with E-state index < -0.39 is 55.8 Å². The summed E-state index contributed by atoms with van der Waals surface area (Å²) in [6, 6.07) is 12.9. The summed E-state index contributed by atoms with van der Waals surface area (Å²) < 4.78 is 62.5. The van der Waals surface area contributed by atoms with E-state index in [2.05, 4.69) is 10.1 Å². The van der Waals surface area contributed by atoms with Crippen molar-refractivity contribution in [2.24, 2.45) is 0 Å². The maximum Gasteiger partial charge on any atom is 0.425 e. The van der Waals surface area contributed by atoms with Crippen LogP contribution in [0.25, 0.3) is 34.0 Å². The predicted octanol–water partition coefficient (Wildman–Crippen LogP) is 9.09. The number of hydrogen-bond donors (Lipinski definition) is 0. The topological polar surface area (TPSA) is 171 Å². The third-order valence-corrected chi connectivity index (χ3v) is 10.9. The zero-order valence-electron chi connectivity index (χ0n) is 33.7. The first-order valence-corrected chi connectivity index (χ1v) is 19.3. The molecule has 0 fully saturated rings. The number of ether oxygens (including phenoxy) is 3. The number of aromatic nitrogens is 3. The second-order valence-electron chi connectivity index (χ2n) is 17.1. The number of carbonyl (C=O) groups excluding carboxylic acids is 3. The molecule has 0 spiro atoms. The molecule has 1 aliphatic rings. The highest BCUT2D eigenvalue weighted by Gasteiger charge is 2.52. The molecule has 0 aliphatic carbocycles. The van der Waals surface area contributed by atoms with Crippen LogP contribution in [-0.2, 0) is 30.6 Å². The lowest BCUT2D eigenvalue weighted by atomic mass is 9.98. The molecule has 3 heterocycles. The number of sulfone groups is 1. The maximum atomic E-state index is 15.6. The monoisotopic (exact) mass is 793 g/mol. The molecule has 56 heavy (non-hydrogen) atoms. The van der Waals surface area contributed by atoms with E-state index in [1.165, 1.54) is 49.2 Å². The van der Waals surface area contributed by atoms with Gasteiger partial charge in [0.15, 0.2) is 27.1 Å². The van der Waals surface area contributed by atoms with Gasteiger partial charge in [0.05, 0.1) is 16.8 Å². The average Bonchev–Trinajstić information content (AvgIpc) is 3.60. The molecule has 2 aromatic carbocycles. The second-order valence-corrected chi connectivity index (χ2v) is 19.6. The van der Waals surface area contributed by atoms with Crippen molar-refractivity contribution < 1.29 is 45.9 Å². The van der Waals surface area contributed by atoms with Crippen molar-refractivity contribution in [1.82, 2.24) is 20.0 Å². The lowest BCUT2D eigenvalue weighted by molar-refractivity contribution is 0.0283. The van der Waals surface area contributed by atoms with E-state index in [4.69, 9.17) is 23.7 Å². The molecule has 0 unspecified atom stereocenters. The number of anilines is 1. The Balaban J connectivity index is 1.60. The average molecular weight is 794 g/mol. The number of carbonyl (C=O) groups is 3. The molecule has 0 bridgehead atoms. The van der Waals surface area contributed by atoms with Gasteiger partial charge < -0.3 is 23.6 Å². The number of benzene rings is 2. The summed E-state index contributed by atoms with van der Waals surface area (Å²) in [6.45, 7) is 18.1. The molecule has 0 radical (unpaired) electrons. The molecule has 1 aliphatic heterocycles. The van der Waals surface area contributed by atoms with Gasteiger partial charge in [0, 0.05) is 36.3 Å². The van der Waals surface area contributed by atoms with Gasteiger partial charge in [0.1, 0.15) is 33.4 Å². The van der Waals surface area contributed by atoms with E-state index in [0.717, 1.165) is 5.56 Å². The number of halogens is 1. The van der Waals surface area contributed by atoms with Crippen LogP contribution in [0.4, 0.5) is 24.6 Å². The SMILES string of the molecule is CN(Cc1ccc(-c2cc(-c3nc(-c4ccc5c(c4)[C@@H](F)C(C)(C)S5(=O)=O)cnc3N(C(=O)OC(C)(C)C)C(=O)OC(C)(C)C)on2)cc1)C(=O)OC(C)(C)C. The van der Waals surface area contributed by atoms with Crippen LogP contribution in [0, 0.1) is 0 Å². The Morgan fingerprint density at radius 3 is 1.89 bits per heavy atom. The minimum atomic E-state index is -3.96. The molecule has 0 saturated carbocycles. The summed E-state index contributed by atoms with van der Waals surface area (Å²) in [5.74, 6) is -0.322. The van der Waals surface area contributed by atoms with Crippen molar-refractivity contribution in [3.63, 3.8) is 0 Å². The zero-order chi connectivity index (χ0) is 41.8. The first-order valence-electron chi connectivity index (χ1n) is 17.9. The highest BCUT2D eigenvalue weighted by Crippen LogP contribution is 2.49. The van der Waals surface area contributed by atoms with Crippen molar-refractivity contribution >= 4 is 33.9 Å². The van der Waals surface area contributed by atoms with Crippen LogP contribution in [0.1, 0.15) is 93.5 Å². The van der Waals surface area contributed by atoms with E-state index in [1.54, 1.807) is 81.5 Å². The number of nitrogens with zero attached hydrogens (tertiary/aromatic N) is 5. The maximum absolute atomic E-state index is 15.6. The lowest BCUT2D eigenvalue weighted by Gasteiger charge is -2.28. The summed E-state index contributed by atoms with van der Waals surface area (Å²) in [5.41, 5.74) is -0.585. The molecule has 1 atom stereocenters. The molecule has 14 nitrogen and oxygen atoms in total. The van der Waals surface area contributed by atoms with Crippen molar-refractivity contribution in [2.75, 3.05) is 11.9 Å². The fourth-order valence-corrected chi connectivity index (χ4v) is 7.33. The van der Waals surface area contributed by atoms with Gasteiger partial charge in [0.25, 0.3) is 0 Å². The van der Waals surface area contributed by atoms with E-state index in [0.29, 0.717) is 21.7 Å². The predicted molar refractivity (Wildman–Crippen MR) is 206 cm³/mol. The number of fused-ring (bicyclic) bond motifs is 1. The summed E-state index contributed by atoms with van der Waals surface area (Å²) in [6.07, 6.45) is -3.23. The Morgan fingerprint density at radius 1 is 0.804 bits per heavy atom. The van der Waals surface area contributed by atoms with Gasteiger partial charge >= 0.3 is 18.3 Å². The highest BCUT2D eigenvalue weighted by molar-refractivity contribution is 7.93. The van der Waals surface area contributed by atoms with Crippen LogP contribution >= 0.6 is 0 Å². The van der Waals surface area contributed by atoms with Crippen molar-refractivity contribution in [3.8, 4) is 34.0 Å². The van der Waals surface area contributed by atoms with Crippen molar-refractivity contribution in [3.05, 3.63) is 65.9 Å². The molecule has 4 aromatic rings. The fourth-order valence-electron chi connectivity index (χ4n) is 5.64. The van der Waals surface area contributed by atoms with E-state index in [1.807, 2.05) is 12.1 Å². The van der Waals surface area contributed by atoms with Gasteiger partial charge in [-0.05, 0) is 93.9 Å². The van der Waals surface area contributed by atoms with Crippen LogP contribution in [0.15, 0.2) is 64.1 Å². The second kappa shape index (κ2) is 14.6. The quantitative estimate of drug-likeness (QED) is 0.170. The number of rotatable bonds is 6. The number of amides is 3. The fraction of sp³-hybridized carbons (Fsp3) is 0.450. The zero-order valence-corrected chi connectivity index (χ0v) is 34.5. The number of hydrogen-bond acceptors (Lipinski definition) is 12. The van der Waals surface area contributed by atoms with Gasteiger partial charge in [0.2, 0.25) is 0 Å². The first-order chi connectivity index (χ1) is 25.7.